The number of halogens is 1. The van der Waals surface area contributed by atoms with Gasteiger partial charge < -0.3 is 5.32 Å². The van der Waals surface area contributed by atoms with Crippen molar-refractivity contribution in [1.29, 1.82) is 0 Å². The predicted octanol–water partition coefficient (Wildman–Crippen LogP) is 3.31. The summed E-state index contributed by atoms with van der Waals surface area (Å²) in [5.41, 5.74) is 0.291. The van der Waals surface area contributed by atoms with Crippen molar-refractivity contribution in [3.63, 3.8) is 0 Å². The summed E-state index contributed by atoms with van der Waals surface area (Å²) in [5, 5.41) is 18.6. The average Bonchev–Trinajstić information content (AvgIpc) is 3.40. The van der Waals surface area contributed by atoms with Crippen LogP contribution < -0.4 is 10.9 Å². The number of nitrogens with zero attached hydrogens (tertiary/aromatic N) is 5. The maximum absolute atomic E-state index is 13.5. The number of carbonyl (C=O) groups excluding carboxylic acids is 1. The number of fused-ring (bicyclic) bond motifs is 2. The number of carbonyl (C=O) groups is 1. The van der Waals surface area contributed by atoms with E-state index in [0.717, 1.165) is 17.8 Å². The van der Waals surface area contributed by atoms with Crippen LogP contribution in [0.15, 0.2) is 64.7 Å². The van der Waals surface area contributed by atoms with Crippen molar-refractivity contribution in [1.82, 2.24) is 19.3 Å². The van der Waals surface area contributed by atoms with Gasteiger partial charge in [0, 0.05) is 23.9 Å². The van der Waals surface area contributed by atoms with Crippen LogP contribution in [-0.2, 0) is 4.79 Å². The van der Waals surface area contributed by atoms with Gasteiger partial charge in [0.1, 0.15) is 5.39 Å². The Balaban J connectivity index is 1.41. The van der Waals surface area contributed by atoms with Gasteiger partial charge >= 0.3 is 5.69 Å². The van der Waals surface area contributed by atoms with Crippen LogP contribution in [0.2, 0.25) is 0 Å². The van der Waals surface area contributed by atoms with Gasteiger partial charge in [-0.05, 0) is 24.3 Å². The summed E-state index contributed by atoms with van der Waals surface area (Å²) >= 11 is 1.36. The molecule has 1 unspecified atom stereocenters. The second-order valence-electron chi connectivity index (χ2n) is 7.34. The minimum absolute atomic E-state index is 0.0505. The Morgan fingerprint density at radius 2 is 2.06 bits per heavy atom. The molecule has 5 rings (SSSR count). The Bertz CT molecular complexity index is 1470. The Labute approximate surface area is 189 Å². The maximum Gasteiger partial charge on any atom is 0.306 e. The number of hydrogen-bond donors (Lipinski definition) is 1. The van der Waals surface area contributed by atoms with Crippen LogP contribution in [0.4, 0.5) is 15.8 Å². The summed E-state index contributed by atoms with van der Waals surface area (Å²) in [6, 6.07) is 12.0. The van der Waals surface area contributed by atoms with Crippen molar-refractivity contribution in [3.8, 4) is 5.69 Å². The van der Waals surface area contributed by atoms with Crippen LogP contribution >= 0.6 is 11.8 Å². The SMILES string of the molecule is O=C(CC1CSc2nc3c(cnn3-c3ccccc3)c(=O)n21)Nc1ccc(F)c([N+](=O)[O-])c1. The number of para-hydroxylation sites is 1. The van der Waals surface area contributed by atoms with Crippen molar-refractivity contribution >= 4 is 40.1 Å². The molecule has 12 heteroatoms. The Kier molecular flexibility index (Phi) is 5.13. The van der Waals surface area contributed by atoms with Gasteiger partial charge in [-0.2, -0.15) is 9.49 Å². The third kappa shape index (κ3) is 3.74. The van der Waals surface area contributed by atoms with Crippen LogP contribution in [-0.4, -0.2) is 35.9 Å². The van der Waals surface area contributed by atoms with Crippen molar-refractivity contribution in [2.45, 2.75) is 17.6 Å². The van der Waals surface area contributed by atoms with E-state index in [0.29, 0.717) is 21.9 Å². The molecule has 2 aromatic heterocycles. The van der Waals surface area contributed by atoms with Crippen molar-refractivity contribution in [2.24, 2.45) is 0 Å². The fraction of sp³-hybridized carbons (Fsp3) is 0.143. The largest absolute Gasteiger partial charge is 0.326 e. The molecule has 2 aromatic carbocycles. The van der Waals surface area contributed by atoms with E-state index in [2.05, 4.69) is 15.4 Å². The quantitative estimate of drug-likeness (QED) is 0.272. The minimum Gasteiger partial charge on any atom is -0.326 e. The molecule has 0 fully saturated rings. The number of rotatable bonds is 5. The third-order valence-corrected chi connectivity index (χ3v) is 6.32. The molecule has 1 N–H and O–H groups in total. The van der Waals surface area contributed by atoms with Gasteiger partial charge in [-0.3, -0.25) is 24.3 Å². The number of nitro benzene ring substituents is 1. The van der Waals surface area contributed by atoms with Crippen LogP contribution in [0.5, 0.6) is 0 Å². The van der Waals surface area contributed by atoms with E-state index < -0.39 is 28.4 Å². The molecule has 0 spiro atoms. The molecular formula is C21H15FN6O4S. The molecule has 10 nitrogen and oxygen atoms in total. The molecule has 4 aromatic rings. The first-order chi connectivity index (χ1) is 15.9. The Morgan fingerprint density at radius 3 is 2.82 bits per heavy atom. The van der Waals surface area contributed by atoms with Crippen molar-refractivity contribution in [3.05, 3.63) is 81.0 Å². The molecule has 0 bridgehead atoms. The summed E-state index contributed by atoms with van der Waals surface area (Å²) in [6.45, 7) is 0. The number of benzene rings is 2. The molecule has 1 atom stereocenters. The highest BCUT2D eigenvalue weighted by Gasteiger charge is 2.30. The van der Waals surface area contributed by atoms with E-state index in [9.17, 15) is 24.1 Å². The number of nitrogens with one attached hydrogen (secondary N) is 1. The molecule has 1 aliphatic heterocycles. The lowest BCUT2D eigenvalue weighted by molar-refractivity contribution is -0.387. The Morgan fingerprint density at radius 1 is 1.27 bits per heavy atom. The number of hydrogen-bond acceptors (Lipinski definition) is 7. The first-order valence-corrected chi connectivity index (χ1v) is 10.8. The van der Waals surface area contributed by atoms with Gasteiger partial charge in [0.25, 0.3) is 5.56 Å². The van der Waals surface area contributed by atoms with E-state index in [-0.39, 0.29) is 17.7 Å². The van der Waals surface area contributed by atoms with Gasteiger partial charge in [-0.15, -0.1) is 0 Å². The van der Waals surface area contributed by atoms with Gasteiger partial charge in [-0.1, -0.05) is 30.0 Å². The highest BCUT2D eigenvalue weighted by atomic mass is 32.2. The number of aromatic nitrogens is 4. The number of thioether (sulfide) groups is 1. The van der Waals surface area contributed by atoms with Gasteiger partial charge in [0.05, 0.1) is 22.8 Å². The third-order valence-electron chi connectivity index (χ3n) is 5.22. The summed E-state index contributed by atoms with van der Waals surface area (Å²) < 4.78 is 16.6. The fourth-order valence-corrected chi connectivity index (χ4v) is 4.83. The zero-order valence-corrected chi connectivity index (χ0v) is 17.7. The number of amides is 1. The minimum atomic E-state index is -0.989. The van der Waals surface area contributed by atoms with E-state index in [1.807, 2.05) is 30.3 Å². The molecule has 0 aliphatic carbocycles. The fourth-order valence-electron chi connectivity index (χ4n) is 3.70. The van der Waals surface area contributed by atoms with Crippen LogP contribution in [0.25, 0.3) is 16.7 Å². The smallest absolute Gasteiger partial charge is 0.306 e. The summed E-state index contributed by atoms with van der Waals surface area (Å²) in [4.78, 5) is 40.4. The molecule has 0 saturated heterocycles. The summed E-state index contributed by atoms with van der Waals surface area (Å²) in [7, 11) is 0. The van der Waals surface area contributed by atoms with Crippen LogP contribution in [0.3, 0.4) is 0 Å². The topological polar surface area (TPSA) is 125 Å². The van der Waals surface area contributed by atoms with Crippen LogP contribution in [0.1, 0.15) is 12.5 Å². The number of nitro groups is 1. The predicted molar refractivity (Wildman–Crippen MR) is 119 cm³/mol. The van der Waals surface area contributed by atoms with Crippen LogP contribution in [0, 0.1) is 15.9 Å². The number of anilines is 1. The van der Waals surface area contributed by atoms with Crippen molar-refractivity contribution < 1.29 is 14.1 Å². The second kappa shape index (κ2) is 8.13. The summed E-state index contributed by atoms with van der Waals surface area (Å²) in [6.07, 6.45) is 1.41. The first-order valence-electron chi connectivity index (χ1n) is 9.84. The molecule has 3 heterocycles. The van der Waals surface area contributed by atoms with E-state index in [1.54, 1.807) is 4.68 Å². The van der Waals surface area contributed by atoms with E-state index >= 15 is 0 Å². The van der Waals surface area contributed by atoms with E-state index in [4.69, 9.17) is 0 Å². The lowest BCUT2D eigenvalue weighted by atomic mass is 10.2. The van der Waals surface area contributed by atoms with E-state index in [1.165, 1.54) is 28.6 Å². The highest BCUT2D eigenvalue weighted by molar-refractivity contribution is 7.99. The molecule has 1 aliphatic rings. The Hall–Kier alpha value is -4.06. The monoisotopic (exact) mass is 466 g/mol. The van der Waals surface area contributed by atoms with Gasteiger partial charge in [-0.25, -0.2) is 9.67 Å². The molecule has 166 valence electrons. The molecule has 0 radical (unpaired) electrons. The highest BCUT2D eigenvalue weighted by Crippen LogP contribution is 2.33. The lowest BCUT2D eigenvalue weighted by Crippen LogP contribution is -2.27. The van der Waals surface area contributed by atoms with Gasteiger partial charge in [0.2, 0.25) is 11.7 Å². The zero-order chi connectivity index (χ0) is 23.1. The lowest BCUT2D eigenvalue weighted by Gasteiger charge is -2.13. The molecular weight excluding hydrogens is 451 g/mol. The molecule has 1 amide bonds. The maximum atomic E-state index is 13.5. The average molecular weight is 466 g/mol. The second-order valence-corrected chi connectivity index (χ2v) is 8.33. The standard InChI is InChI=1S/C21H15FN6O4S/c22-16-7-6-12(8-17(16)28(31)32)24-18(29)9-14-11-33-21-25-19-15(20(30)26(14)21)10-23-27(19)13-4-2-1-3-5-13/h1-8,10,14H,9,11H2,(H,24,29). The normalized spacial score (nSPS) is 14.9. The van der Waals surface area contributed by atoms with Gasteiger partial charge in [0.15, 0.2) is 10.8 Å². The zero-order valence-electron chi connectivity index (χ0n) is 16.8. The summed E-state index contributed by atoms with van der Waals surface area (Å²) in [5.74, 6) is -0.983. The first kappa shape index (κ1) is 20.8. The molecule has 33 heavy (non-hydrogen) atoms. The molecule has 0 saturated carbocycles. The van der Waals surface area contributed by atoms with Crippen molar-refractivity contribution in [2.75, 3.05) is 11.1 Å².